The Bertz CT molecular complexity index is 359. The van der Waals surface area contributed by atoms with Crippen LogP contribution in [0.15, 0.2) is 23.3 Å². The second-order valence-electron chi connectivity index (χ2n) is 2.39. The molecule has 1 aromatic heterocycles. The van der Waals surface area contributed by atoms with Crippen LogP contribution in [0.4, 0.5) is 11.5 Å². The van der Waals surface area contributed by atoms with Gasteiger partial charge in [-0.25, -0.2) is 4.98 Å². The molecule has 0 bridgehead atoms. The zero-order chi connectivity index (χ0) is 10.6. The molecule has 0 saturated heterocycles. The highest BCUT2D eigenvalue weighted by Crippen LogP contribution is 2.11. The quantitative estimate of drug-likeness (QED) is 0.306. The van der Waals surface area contributed by atoms with Crippen LogP contribution in [-0.4, -0.2) is 22.9 Å². The van der Waals surface area contributed by atoms with Crippen LogP contribution >= 0.6 is 0 Å². The summed E-state index contributed by atoms with van der Waals surface area (Å²) in [4.78, 5) is 17.2. The number of nitrogens with one attached hydrogen (secondary N) is 1. The number of aromatic nitrogens is 1. The topological polar surface area (TPSA) is 106 Å². The Hall–Kier alpha value is -2.18. The monoisotopic (exact) mass is 195 g/mol. The zero-order valence-electron chi connectivity index (χ0n) is 7.47. The number of nitrogens with two attached hydrogens (primary N) is 1. The SMILES string of the molecule is CN=C(N)Nc1ccc([N+](=O)[O-])cn1. The van der Waals surface area contributed by atoms with Crippen LogP contribution in [-0.2, 0) is 0 Å². The van der Waals surface area contributed by atoms with Crippen molar-refractivity contribution in [2.75, 3.05) is 12.4 Å². The van der Waals surface area contributed by atoms with Crippen molar-refractivity contribution < 1.29 is 4.92 Å². The van der Waals surface area contributed by atoms with E-state index in [4.69, 9.17) is 5.73 Å². The minimum atomic E-state index is -0.520. The number of aliphatic imine (C=N–C) groups is 1. The molecular formula is C7H9N5O2. The van der Waals surface area contributed by atoms with E-state index < -0.39 is 4.92 Å². The van der Waals surface area contributed by atoms with Crippen LogP contribution in [0.3, 0.4) is 0 Å². The summed E-state index contributed by atoms with van der Waals surface area (Å²) in [6.45, 7) is 0. The molecule has 74 valence electrons. The van der Waals surface area contributed by atoms with Crippen molar-refractivity contribution in [1.82, 2.24) is 4.98 Å². The van der Waals surface area contributed by atoms with Crippen LogP contribution < -0.4 is 11.1 Å². The molecule has 0 aliphatic carbocycles. The summed E-state index contributed by atoms with van der Waals surface area (Å²) in [6.07, 6.45) is 1.14. The van der Waals surface area contributed by atoms with Crippen molar-refractivity contribution in [2.45, 2.75) is 0 Å². The molecular weight excluding hydrogens is 186 g/mol. The van der Waals surface area contributed by atoms with Gasteiger partial charge in [-0.15, -0.1) is 0 Å². The first-order valence-electron chi connectivity index (χ1n) is 3.73. The Morgan fingerprint density at radius 2 is 2.43 bits per heavy atom. The molecule has 0 unspecified atom stereocenters. The predicted octanol–water partition coefficient (Wildman–Crippen LogP) is 0.346. The van der Waals surface area contributed by atoms with Gasteiger partial charge in [-0.1, -0.05) is 0 Å². The first kappa shape index (κ1) is 9.90. The third-order valence-corrected chi connectivity index (χ3v) is 1.46. The zero-order valence-corrected chi connectivity index (χ0v) is 7.47. The van der Waals surface area contributed by atoms with E-state index in [-0.39, 0.29) is 11.6 Å². The fourth-order valence-electron chi connectivity index (χ4n) is 0.755. The first-order chi connectivity index (χ1) is 6.63. The second-order valence-corrected chi connectivity index (χ2v) is 2.39. The van der Waals surface area contributed by atoms with Crippen molar-refractivity contribution in [2.24, 2.45) is 10.7 Å². The molecule has 7 heteroatoms. The molecule has 0 aromatic carbocycles. The fraction of sp³-hybridized carbons (Fsp3) is 0.143. The Morgan fingerprint density at radius 3 is 2.86 bits per heavy atom. The number of hydrogen-bond donors (Lipinski definition) is 2. The molecule has 14 heavy (non-hydrogen) atoms. The van der Waals surface area contributed by atoms with Gasteiger partial charge >= 0.3 is 0 Å². The summed E-state index contributed by atoms with van der Waals surface area (Å²) in [5, 5.41) is 12.9. The van der Waals surface area contributed by atoms with Crippen LogP contribution in [0, 0.1) is 10.1 Å². The lowest BCUT2D eigenvalue weighted by Gasteiger charge is -2.01. The highest BCUT2D eigenvalue weighted by Gasteiger charge is 2.04. The lowest BCUT2D eigenvalue weighted by atomic mass is 10.4. The molecule has 0 aliphatic rings. The number of nitro groups is 1. The van der Waals surface area contributed by atoms with E-state index in [1.54, 1.807) is 0 Å². The largest absolute Gasteiger partial charge is 0.370 e. The minimum Gasteiger partial charge on any atom is -0.370 e. The molecule has 1 rings (SSSR count). The van der Waals surface area contributed by atoms with E-state index >= 15 is 0 Å². The molecule has 0 fully saturated rings. The van der Waals surface area contributed by atoms with Gasteiger partial charge in [0.15, 0.2) is 5.96 Å². The molecule has 1 aromatic rings. The van der Waals surface area contributed by atoms with Gasteiger partial charge in [-0.05, 0) is 6.07 Å². The Balaban J connectivity index is 2.79. The third-order valence-electron chi connectivity index (χ3n) is 1.46. The number of anilines is 1. The maximum Gasteiger partial charge on any atom is 0.287 e. The van der Waals surface area contributed by atoms with Crippen LogP contribution in [0.2, 0.25) is 0 Å². The van der Waals surface area contributed by atoms with Crippen LogP contribution in [0.5, 0.6) is 0 Å². The summed E-state index contributed by atoms with van der Waals surface area (Å²) in [7, 11) is 1.52. The summed E-state index contributed by atoms with van der Waals surface area (Å²) in [6, 6.07) is 2.79. The maximum atomic E-state index is 10.3. The minimum absolute atomic E-state index is 0.0671. The molecule has 3 N–H and O–H groups in total. The standard InChI is InChI=1S/C7H9N5O2/c1-9-7(8)11-6-3-2-5(4-10-6)12(13)14/h2-4H,1H3,(H3,8,9,10,11). The van der Waals surface area contributed by atoms with E-state index in [2.05, 4.69) is 15.3 Å². The van der Waals surface area contributed by atoms with Gasteiger partial charge in [0.25, 0.3) is 5.69 Å². The molecule has 0 saturated carbocycles. The molecule has 1 heterocycles. The molecule has 0 amide bonds. The normalized spacial score (nSPS) is 11.1. The van der Waals surface area contributed by atoms with Crippen molar-refractivity contribution >= 4 is 17.5 Å². The van der Waals surface area contributed by atoms with E-state index in [1.807, 2.05) is 0 Å². The van der Waals surface area contributed by atoms with Crippen molar-refractivity contribution in [3.63, 3.8) is 0 Å². The number of pyridine rings is 1. The first-order valence-corrected chi connectivity index (χ1v) is 3.73. The molecule has 0 radical (unpaired) electrons. The molecule has 0 atom stereocenters. The summed E-state index contributed by atoms with van der Waals surface area (Å²) in [5.41, 5.74) is 5.30. The second kappa shape index (κ2) is 4.17. The van der Waals surface area contributed by atoms with Crippen molar-refractivity contribution in [3.8, 4) is 0 Å². The third kappa shape index (κ3) is 2.41. The lowest BCUT2D eigenvalue weighted by molar-refractivity contribution is -0.385. The van der Waals surface area contributed by atoms with Crippen molar-refractivity contribution in [1.29, 1.82) is 0 Å². The summed E-state index contributed by atoms with van der Waals surface area (Å²) >= 11 is 0. The smallest absolute Gasteiger partial charge is 0.287 e. The highest BCUT2D eigenvalue weighted by atomic mass is 16.6. The molecule has 7 nitrogen and oxygen atoms in total. The molecule has 0 aliphatic heterocycles. The predicted molar refractivity (Wildman–Crippen MR) is 52.1 cm³/mol. The Labute approximate surface area is 79.8 Å². The van der Waals surface area contributed by atoms with Gasteiger partial charge in [0, 0.05) is 13.1 Å². The van der Waals surface area contributed by atoms with Crippen LogP contribution in [0.25, 0.3) is 0 Å². The van der Waals surface area contributed by atoms with E-state index in [0.717, 1.165) is 6.20 Å². The van der Waals surface area contributed by atoms with E-state index in [1.165, 1.54) is 19.2 Å². The van der Waals surface area contributed by atoms with Crippen molar-refractivity contribution in [3.05, 3.63) is 28.4 Å². The van der Waals surface area contributed by atoms with E-state index in [9.17, 15) is 10.1 Å². The van der Waals surface area contributed by atoms with Gasteiger partial charge in [-0.2, -0.15) is 0 Å². The number of guanidine groups is 1. The Morgan fingerprint density at radius 1 is 1.71 bits per heavy atom. The maximum absolute atomic E-state index is 10.3. The highest BCUT2D eigenvalue weighted by molar-refractivity contribution is 5.91. The number of nitrogens with zero attached hydrogens (tertiary/aromatic N) is 3. The average Bonchev–Trinajstić information content (AvgIpc) is 2.18. The van der Waals surface area contributed by atoms with Gasteiger partial charge in [0.05, 0.1) is 4.92 Å². The lowest BCUT2D eigenvalue weighted by Crippen LogP contribution is -2.22. The van der Waals surface area contributed by atoms with Gasteiger partial charge in [0.1, 0.15) is 12.0 Å². The summed E-state index contributed by atoms with van der Waals surface area (Å²) in [5.74, 6) is 0.616. The van der Waals surface area contributed by atoms with Gasteiger partial charge in [0.2, 0.25) is 0 Å². The number of rotatable bonds is 2. The molecule has 0 spiro atoms. The average molecular weight is 195 g/mol. The van der Waals surface area contributed by atoms with Gasteiger partial charge < -0.3 is 11.1 Å². The fourth-order valence-corrected chi connectivity index (χ4v) is 0.755. The Kier molecular flexibility index (Phi) is 2.95. The van der Waals surface area contributed by atoms with Crippen LogP contribution in [0.1, 0.15) is 0 Å². The summed E-state index contributed by atoms with van der Waals surface area (Å²) < 4.78 is 0. The van der Waals surface area contributed by atoms with E-state index in [0.29, 0.717) is 5.82 Å². The number of hydrogen-bond acceptors (Lipinski definition) is 4. The van der Waals surface area contributed by atoms with Gasteiger partial charge in [-0.3, -0.25) is 15.1 Å².